The molecule has 110 valence electrons. The van der Waals surface area contributed by atoms with Gasteiger partial charge in [-0.25, -0.2) is 8.42 Å². The fourth-order valence-corrected chi connectivity index (χ4v) is 3.97. The number of methoxy groups -OCH3 is 1. The van der Waals surface area contributed by atoms with Crippen molar-refractivity contribution in [3.05, 3.63) is 29.8 Å². The van der Waals surface area contributed by atoms with E-state index >= 15 is 0 Å². The first kappa shape index (κ1) is 14.8. The Morgan fingerprint density at radius 2 is 2.05 bits per heavy atom. The predicted octanol–water partition coefficient (Wildman–Crippen LogP) is 1.25. The lowest BCUT2D eigenvalue weighted by Crippen LogP contribution is -2.35. The Bertz CT molecular complexity index is 581. The van der Waals surface area contributed by atoms with Gasteiger partial charge in [0.2, 0.25) is 10.0 Å². The number of aliphatic carboxylic acids is 1. The lowest BCUT2D eigenvalue weighted by Gasteiger charge is -2.23. The number of carboxylic acid groups (broad SMARTS) is 1. The van der Waals surface area contributed by atoms with Gasteiger partial charge < -0.3 is 9.84 Å². The zero-order valence-electron chi connectivity index (χ0n) is 11.2. The second-order valence-electron chi connectivity index (χ2n) is 4.69. The molecule has 0 aromatic heterocycles. The molecule has 1 heterocycles. The summed E-state index contributed by atoms with van der Waals surface area (Å²) in [5.41, 5.74) is 0.859. The Kier molecular flexibility index (Phi) is 4.29. The molecule has 7 heteroatoms. The Labute approximate surface area is 118 Å². The van der Waals surface area contributed by atoms with Crippen LogP contribution in [0.3, 0.4) is 0 Å². The van der Waals surface area contributed by atoms with Gasteiger partial charge in [-0.05, 0) is 30.5 Å². The van der Waals surface area contributed by atoms with Crippen LogP contribution in [-0.2, 0) is 14.8 Å². The molecule has 1 N–H and O–H groups in total. The fraction of sp³-hybridized carbons (Fsp3) is 0.462. The average Bonchev–Trinajstić information content (AvgIpc) is 2.87. The lowest BCUT2D eigenvalue weighted by atomic mass is 10.1. The van der Waals surface area contributed by atoms with Crippen LogP contribution in [0.15, 0.2) is 24.3 Å². The molecule has 0 radical (unpaired) electrons. The minimum absolute atomic E-state index is 0.287. The second kappa shape index (κ2) is 5.80. The van der Waals surface area contributed by atoms with Gasteiger partial charge in [0.15, 0.2) is 5.75 Å². The van der Waals surface area contributed by atoms with E-state index in [1.807, 2.05) is 12.1 Å². The second-order valence-corrected chi connectivity index (χ2v) is 6.61. The molecule has 0 spiro atoms. The molecule has 1 atom stereocenters. The summed E-state index contributed by atoms with van der Waals surface area (Å²) in [7, 11) is -2.21. The predicted molar refractivity (Wildman–Crippen MR) is 73.1 cm³/mol. The minimum Gasteiger partial charge on any atom is -0.497 e. The minimum atomic E-state index is -3.77. The van der Waals surface area contributed by atoms with Gasteiger partial charge in [0.25, 0.3) is 0 Å². The van der Waals surface area contributed by atoms with Crippen LogP contribution in [-0.4, -0.2) is 43.2 Å². The summed E-state index contributed by atoms with van der Waals surface area (Å²) in [5.74, 6) is -1.49. The highest BCUT2D eigenvalue weighted by molar-refractivity contribution is 7.89. The van der Waals surface area contributed by atoms with Crippen LogP contribution in [0, 0.1) is 0 Å². The van der Waals surface area contributed by atoms with E-state index in [-0.39, 0.29) is 6.04 Å². The van der Waals surface area contributed by atoms with Crippen LogP contribution < -0.4 is 4.74 Å². The van der Waals surface area contributed by atoms with Crippen LogP contribution >= 0.6 is 0 Å². The number of carbonyl (C=O) groups is 1. The van der Waals surface area contributed by atoms with E-state index < -0.39 is 21.7 Å². The molecule has 6 nitrogen and oxygen atoms in total. The van der Waals surface area contributed by atoms with Crippen LogP contribution in [0.2, 0.25) is 0 Å². The lowest BCUT2D eigenvalue weighted by molar-refractivity contribution is -0.134. The molecule has 1 saturated heterocycles. The van der Waals surface area contributed by atoms with Crippen molar-refractivity contribution in [2.24, 2.45) is 0 Å². The number of hydrogen-bond acceptors (Lipinski definition) is 4. The van der Waals surface area contributed by atoms with Crippen molar-refractivity contribution in [1.29, 1.82) is 0 Å². The van der Waals surface area contributed by atoms with Crippen molar-refractivity contribution < 1.29 is 23.1 Å². The number of rotatable bonds is 5. The molecular weight excluding hydrogens is 282 g/mol. The van der Waals surface area contributed by atoms with Gasteiger partial charge in [0.1, 0.15) is 5.75 Å². The molecule has 1 fully saturated rings. The molecule has 1 unspecified atom stereocenters. The number of nitrogens with zero attached hydrogens (tertiary/aromatic N) is 1. The maximum Gasteiger partial charge on any atom is 0.320 e. The molecule has 0 aliphatic carbocycles. The summed E-state index contributed by atoms with van der Waals surface area (Å²) in [6.07, 6.45) is 1.43. The standard InChI is InChI=1S/C13H17NO5S/c1-19-11-6-4-10(5-7-11)12-3-2-8-14(12)20(17,18)9-13(15)16/h4-7,12H,2-3,8-9H2,1H3,(H,15,16). The van der Waals surface area contributed by atoms with Gasteiger partial charge >= 0.3 is 5.97 Å². The van der Waals surface area contributed by atoms with Gasteiger partial charge in [0, 0.05) is 12.6 Å². The van der Waals surface area contributed by atoms with Gasteiger partial charge in [-0.3, -0.25) is 4.79 Å². The Balaban J connectivity index is 2.24. The molecule has 1 aliphatic heterocycles. The number of carboxylic acids is 1. The Morgan fingerprint density at radius 1 is 1.40 bits per heavy atom. The Hall–Kier alpha value is -1.60. The van der Waals surface area contributed by atoms with Gasteiger partial charge in [-0.15, -0.1) is 0 Å². The van der Waals surface area contributed by atoms with Crippen molar-refractivity contribution in [2.45, 2.75) is 18.9 Å². The number of ether oxygens (including phenoxy) is 1. The molecule has 0 saturated carbocycles. The molecule has 1 aromatic rings. The van der Waals surface area contributed by atoms with Crippen molar-refractivity contribution in [1.82, 2.24) is 4.31 Å². The maximum atomic E-state index is 12.1. The zero-order valence-corrected chi connectivity index (χ0v) is 12.0. The molecule has 0 bridgehead atoms. The summed E-state index contributed by atoms with van der Waals surface area (Å²) in [5, 5.41) is 8.71. The zero-order chi connectivity index (χ0) is 14.8. The largest absolute Gasteiger partial charge is 0.497 e. The van der Waals surface area contributed by atoms with Crippen molar-refractivity contribution in [3.63, 3.8) is 0 Å². The Morgan fingerprint density at radius 3 is 2.60 bits per heavy atom. The van der Waals surface area contributed by atoms with E-state index in [0.717, 1.165) is 12.0 Å². The van der Waals surface area contributed by atoms with Gasteiger partial charge in [-0.1, -0.05) is 12.1 Å². The number of sulfonamides is 1. The van der Waals surface area contributed by atoms with Crippen LogP contribution in [0.4, 0.5) is 0 Å². The third-order valence-corrected chi connectivity index (χ3v) is 5.13. The highest BCUT2D eigenvalue weighted by Gasteiger charge is 2.36. The van der Waals surface area contributed by atoms with Gasteiger partial charge in [0.05, 0.1) is 7.11 Å². The normalized spacial score (nSPS) is 19.9. The quantitative estimate of drug-likeness (QED) is 0.884. The van der Waals surface area contributed by atoms with E-state index in [0.29, 0.717) is 18.7 Å². The summed E-state index contributed by atoms with van der Waals surface area (Å²) >= 11 is 0. The maximum absolute atomic E-state index is 12.1. The van der Waals surface area contributed by atoms with Crippen molar-refractivity contribution in [2.75, 3.05) is 19.4 Å². The van der Waals surface area contributed by atoms with Gasteiger partial charge in [-0.2, -0.15) is 4.31 Å². The van der Waals surface area contributed by atoms with Crippen molar-refractivity contribution >= 4 is 16.0 Å². The van der Waals surface area contributed by atoms with E-state index in [9.17, 15) is 13.2 Å². The van der Waals surface area contributed by atoms with Crippen LogP contribution in [0.5, 0.6) is 5.75 Å². The molecule has 0 amide bonds. The number of benzene rings is 1. The highest BCUT2D eigenvalue weighted by Crippen LogP contribution is 2.34. The third-order valence-electron chi connectivity index (χ3n) is 3.37. The molecular formula is C13H17NO5S. The summed E-state index contributed by atoms with van der Waals surface area (Å²) in [6.45, 7) is 0.367. The average molecular weight is 299 g/mol. The molecule has 1 aliphatic rings. The first-order valence-corrected chi connectivity index (χ1v) is 7.90. The molecule has 20 heavy (non-hydrogen) atoms. The first-order valence-electron chi connectivity index (χ1n) is 6.29. The highest BCUT2D eigenvalue weighted by atomic mass is 32.2. The van der Waals surface area contributed by atoms with E-state index in [1.165, 1.54) is 4.31 Å². The van der Waals surface area contributed by atoms with Crippen molar-refractivity contribution in [3.8, 4) is 5.75 Å². The summed E-state index contributed by atoms with van der Waals surface area (Å²) in [6, 6.07) is 6.90. The van der Waals surface area contributed by atoms with E-state index in [1.54, 1.807) is 19.2 Å². The fourth-order valence-electron chi connectivity index (χ4n) is 2.47. The smallest absolute Gasteiger partial charge is 0.320 e. The third kappa shape index (κ3) is 3.10. The van der Waals surface area contributed by atoms with Crippen LogP contribution in [0.1, 0.15) is 24.4 Å². The first-order chi connectivity index (χ1) is 9.44. The topological polar surface area (TPSA) is 83.9 Å². The van der Waals surface area contributed by atoms with E-state index in [4.69, 9.17) is 9.84 Å². The summed E-state index contributed by atoms with van der Waals surface area (Å²) < 4.78 is 30.5. The summed E-state index contributed by atoms with van der Waals surface area (Å²) in [4.78, 5) is 10.7. The van der Waals surface area contributed by atoms with Crippen LogP contribution in [0.25, 0.3) is 0 Å². The molecule has 1 aromatic carbocycles. The SMILES string of the molecule is COc1ccc(C2CCCN2S(=O)(=O)CC(=O)O)cc1. The molecule has 2 rings (SSSR count). The monoisotopic (exact) mass is 299 g/mol. The van der Waals surface area contributed by atoms with E-state index in [2.05, 4.69) is 0 Å². The number of hydrogen-bond donors (Lipinski definition) is 1.